The molecular weight excluding hydrogens is 216 g/mol. The highest BCUT2D eigenvalue weighted by molar-refractivity contribution is 5.82. The van der Waals surface area contributed by atoms with E-state index in [0.717, 1.165) is 51.6 Å². The maximum absolute atomic E-state index is 11.5. The predicted molar refractivity (Wildman–Crippen MR) is 66.0 cm³/mol. The summed E-state index contributed by atoms with van der Waals surface area (Å²) >= 11 is 0. The number of carbonyl (C=O) groups excluding carboxylic acids is 1. The maximum atomic E-state index is 11.5. The SMILES string of the molecule is COC1CCCC(OCCC2CCCC2=O)C1. The Morgan fingerprint density at radius 2 is 2.00 bits per heavy atom. The van der Waals surface area contributed by atoms with E-state index in [2.05, 4.69) is 0 Å². The summed E-state index contributed by atoms with van der Waals surface area (Å²) in [7, 11) is 1.78. The summed E-state index contributed by atoms with van der Waals surface area (Å²) < 4.78 is 11.3. The monoisotopic (exact) mass is 240 g/mol. The number of rotatable bonds is 5. The lowest BCUT2D eigenvalue weighted by atomic mass is 9.95. The molecule has 0 bridgehead atoms. The Labute approximate surface area is 104 Å². The van der Waals surface area contributed by atoms with Crippen LogP contribution in [-0.4, -0.2) is 31.7 Å². The fourth-order valence-corrected chi connectivity index (χ4v) is 3.04. The minimum atomic E-state index is 0.289. The first-order valence-electron chi connectivity index (χ1n) is 6.96. The summed E-state index contributed by atoms with van der Waals surface area (Å²) in [6, 6.07) is 0. The van der Waals surface area contributed by atoms with Crippen molar-refractivity contribution < 1.29 is 14.3 Å². The Bertz CT molecular complexity index is 252. The van der Waals surface area contributed by atoms with E-state index in [4.69, 9.17) is 9.47 Å². The van der Waals surface area contributed by atoms with E-state index in [9.17, 15) is 4.79 Å². The van der Waals surface area contributed by atoms with Crippen LogP contribution in [0.25, 0.3) is 0 Å². The molecule has 0 aliphatic heterocycles. The highest BCUT2D eigenvalue weighted by Crippen LogP contribution is 2.26. The van der Waals surface area contributed by atoms with Crippen LogP contribution in [0.3, 0.4) is 0 Å². The number of ether oxygens (including phenoxy) is 2. The first-order valence-corrected chi connectivity index (χ1v) is 6.96. The van der Waals surface area contributed by atoms with E-state index < -0.39 is 0 Å². The molecule has 0 spiro atoms. The summed E-state index contributed by atoms with van der Waals surface area (Å²) in [5.74, 6) is 0.740. The van der Waals surface area contributed by atoms with Gasteiger partial charge in [0.25, 0.3) is 0 Å². The lowest BCUT2D eigenvalue weighted by Crippen LogP contribution is -2.28. The number of hydrogen-bond donors (Lipinski definition) is 0. The van der Waals surface area contributed by atoms with Crippen molar-refractivity contribution in [2.75, 3.05) is 13.7 Å². The molecule has 98 valence electrons. The maximum Gasteiger partial charge on any atom is 0.136 e. The number of methoxy groups -OCH3 is 1. The van der Waals surface area contributed by atoms with Gasteiger partial charge in [-0.15, -0.1) is 0 Å². The van der Waals surface area contributed by atoms with Crippen molar-refractivity contribution >= 4 is 5.78 Å². The molecule has 0 aromatic carbocycles. The van der Waals surface area contributed by atoms with Crippen LogP contribution in [0.2, 0.25) is 0 Å². The van der Waals surface area contributed by atoms with Gasteiger partial charge in [0, 0.05) is 26.1 Å². The molecule has 2 saturated carbocycles. The predicted octanol–water partition coefficient (Wildman–Crippen LogP) is 2.72. The third-order valence-corrected chi connectivity index (χ3v) is 4.16. The zero-order chi connectivity index (χ0) is 12.1. The van der Waals surface area contributed by atoms with Gasteiger partial charge in [0.15, 0.2) is 0 Å². The molecule has 0 aromatic heterocycles. The van der Waals surface area contributed by atoms with Crippen molar-refractivity contribution in [1.29, 1.82) is 0 Å². The minimum Gasteiger partial charge on any atom is -0.381 e. The van der Waals surface area contributed by atoms with Crippen molar-refractivity contribution in [3.05, 3.63) is 0 Å². The molecular formula is C14H24O3. The van der Waals surface area contributed by atoms with Crippen LogP contribution in [0.5, 0.6) is 0 Å². The quantitative estimate of drug-likeness (QED) is 0.741. The highest BCUT2D eigenvalue weighted by Gasteiger charge is 2.25. The Morgan fingerprint density at radius 1 is 1.18 bits per heavy atom. The van der Waals surface area contributed by atoms with Crippen molar-refractivity contribution in [3.63, 3.8) is 0 Å². The molecule has 0 amide bonds. The Morgan fingerprint density at radius 3 is 2.71 bits per heavy atom. The molecule has 3 unspecified atom stereocenters. The molecule has 0 aromatic rings. The zero-order valence-electron chi connectivity index (χ0n) is 10.8. The summed E-state index contributed by atoms with van der Waals surface area (Å²) in [5.41, 5.74) is 0. The average Bonchev–Trinajstić information content (AvgIpc) is 2.76. The van der Waals surface area contributed by atoms with E-state index in [1.54, 1.807) is 7.11 Å². The number of carbonyl (C=O) groups is 1. The summed E-state index contributed by atoms with van der Waals surface area (Å²) in [5, 5.41) is 0. The molecule has 0 N–H and O–H groups in total. The van der Waals surface area contributed by atoms with Gasteiger partial charge in [0.1, 0.15) is 5.78 Å². The van der Waals surface area contributed by atoms with Gasteiger partial charge in [-0.25, -0.2) is 0 Å². The summed E-state index contributed by atoms with van der Waals surface area (Å²) in [4.78, 5) is 11.5. The molecule has 2 aliphatic rings. The van der Waals surface area contributed by atoms with Crippen LogP contribution in [0.4, 0.5) is 0 Å². The molecule has 0 heterocycles. The number of ketones is 1. The van der Waals surface area contributed by atoms with Gasteiger partial charge in [-0.2, -0.15) is 0 Å². The molecule has 3 atom stereocenters. The highest BCUT2D eigenvalue weighted by atomic mass is 16.5. The first-order chi connectivity index (χ1) is 8.29. The molecule has 2 fully saturated rings. The van der Waals surface area contributed by atoms with Crippen LogP contribution >= 0.6 is 0 Å². The second kappa shape index (κ2) is 6.50. The van der Waals surface area contributed by atoms with E-state index in [1.165, 1.54) is 6.42 Å². The fourth-order valence-electron chi connectivity index (χ4n) is 3.04. The van der Waals surface area contributed by atoms with Crippen molar-refractivity contribution in [2.24, 2.45) is 5.92 Å². The van der Waals surface area contributed by atoms with E-state index in [-0.39, 0.29) is 5.92 Å². The molecule has 2 aliphatic carbocycles. The third kappa shape index (κ3) is 3.78. The first kappa shape index (κ1) is 13.0. The van der Waals surface area contributed by atoms with Gasteiger partial charge in [0.05, 0.1) is 12.2 Å². The normalized spacial score (nSPS) is 34.2. The standard InChI is InChI=1S/C14H24O3/c1-16-12-5-3-6-13(10-12)17-9-8-11-4-2-7-14(11)15/h11-13H,2-10H2,1H3. The molecule has 17 heavy (non-hydrogen) atoms. The largest absolute Gasteiger partial charge is 0.381 e. The van der Waals surface area contributed by atoms with Gasteiger partial charge in [-0.05, 0) is 44.9 Å². The Kier molecular flexibility index (Phi) is 4.99. The smallest absolute Gasteiger partial charge is 0.136 e. The van der Waals surface area contributed by atoms with E-state index >= 15 is 0 Å². The molecule has 0 radical (unpaired) electrons. The Balaban J connectivity index is 1.62. The van der Waals surface area contributed by atoms with Crippen molar-refractivity contribution in [2.45, 2.75) is 63.6 Å². The molecule has 3 heteroatoms. The molecule has 3 nitrogen and oxygen atoms in total. The van der Waals surface area contributed by atoms with Gasteiger partial charge in [-0.3, -0.25) is 4.79 Å². The van der Waals surface area contributed by atoms with Gasteiger partial charge >= 0.3 is 0 Å². The number of Topliss-reactive ketones (excluding diaryl/α,β-unsaturated/α-hetero) is 1. The zero-order valence-corrected chi connectivity index (χ0v) is 10.8. The van der Waals surface area contributed by atoms with Gasteiger partial charge < -0.3 is 9.47 Å². The molecule has 2 rings (SSSR count). The Hall–Kier alpha value is -0.410. The molecule has 0 saturated heterocycles. The van der Waals surface area contributed by atoms with E-state index in [1.807, 2.05) is 0 Å². The minimum absolute atomic E-state index is 0.289. The lowest BCUT2D eigenvalue weighted by molar-refractivity contribution is -0.121. The number of hydrogen-bond acceptors (Lipinski definition) is 3. The van der Waals surface area contributed by atoms with Crippen LogP contribution in [0.1, 0.15) is 51.4 Å². The average molecular weight is 240 g/mol. The van der Waals surface area contributed by atoms with Crippen LogP contribution in [0, 0.1) is 5.92 Å². The van der Waals surface area contributed by atoms with Gasteiger partial charge in [-0.1, -0.05) is 0 Å². The van der Waals surface area contributed by atoms with Crippen LogP contribution in [0.15, 0.2) is 0 Å². The van der Waals surface area contributed by atoms with Crippen molar-refractivity contribution in [1.82, 2.24) is 0 Å². The van der Waals surface area contributed by atoms with Gasteiger partial charge in [0.2, 0.25) is 0 Å². The topological polar surface area (TPSA) is 35.5 Å². The summed E-state index contributed by atoms with van der Waals surface area (Å²) in [6.45, 7) is 0.748. The van der Waals surface area contributed by atoms with Crippen LogP contribution in [-0.2, 0) is 14.3 Å². The fraction of sp³-hybridized carbons (Fsp3) is 0.929. The van der Waals surface area contributed by atoms with E-state index in [0.29, 0.717) is 18.0 Å². The second-order valence-corrected chi connectivity index (χ2v) is 5.36. The van der Waals surface area contributed by atoms with Crippen molar-refractivity contribution in [3.8, 4) is 0 Å². The lowest BCUT2D eigenvalue weighted by Gasteiger charge is -2.28. The van der Waals surface area contributed by atoms with Crippen LogP contribution < -0.4 is 0 Å². The summed E-state index contributed by atoms with van der Waals surface area (Å²) in [6.07, 6.45) is 9.14. The second-order valence-electron chi connectivity index (χ2n) is 5.36. The third-order valence-electron chi connectivity index (χ3n) is 4.16.